The molecule has 0 saturated carbocycles. The van der Waals surface area contributed by atoms with Crippen LogP contribution in [-0.4, -0.2) is 37.4 Å². The van der Waals surface area contributed by atoms with Crippen molar-refractivity contribution >= 4 is 33.6 Å². The summed E-state index contributed by atoms with van der Waals surface area (Å²) in [5, 5.41) is 14.2. The van der Waals surface area contributed by atoms with Crippen LogP contribution < -0.4 is 10.6 Å². The number of hydrogen-bond donors (Lipinski definition) is 3. The molecule has 0 atom stereocenters. The van der Waals surface area contributed by atoms with Crippen molar-refractivity contribution in [3.63, 3.8) is 0 Å². The van der Waals surface area contributed by atoms with Crippen molar-refractivity contribution in [3.05, 3.63) is 28.2 Å². The number of aromatic carboxylic acids is 1. The number of methoxy groups -OCH3 is 1. The maximum absolute atomic E-state index is 11.6. The minimum Gasteiger partial charge on any atom is -0.478 e. The summed E-state index contributed by atoms with van der Waals surface area (Å²) in [6.45, 7) is 1.23. The van der Waals surface area contributed by atoms with Crippen LogP contribution in [0, 0.1) is 0 Å². The van der Waals surface area contributed by atoms with Crippen molar-refractivity contribution in [1.29, 1.82) is 0 Å². The summed E-state index contributed by atoms with van der Waals surface area (Å²) < 4.78 is 5.43. The number of urea groups is 1. The summed E-state index contributed by atoms with van der Waals surface area (Å²) in [4.78, 5) is 22.4. The highest BCUT2D eigenvalue weighted by Crippen LogP contribution is 2.23. The second-order valence-electron chi connectivity index (χ2n) is 4.08. The monoisotopic (exact) mass is 344 g/mol. The van der Waals surface area contributed by atoms with Crippen molar-refractivity contribution in [2.24, 2.45) is 0 Å². The first-order valence-electron chi connectivity index (χ1n) is 6.11. The number of carbonyl (C=O) groups excluding carboxylic acids is 1. The molecule has 0 fully saturated rings. The highest BCUT2D eigenvalue weighted by Gasteiger charge is 2.08. The van der Waals surface area contributed by atoms with Crippen LogP contribution >= 0.6 is 15.9 Å². The van der Waals surface area contributed by atoms with Crippen molar-refractivity contribution in [2.45, 2.75) is 12.8 Å². The molecule has 2 amide bonds. The first kappa shape index (κ1) is 16.5. The number of nitrogens with one attached hydrogen (secondary N) is 2. The molecule has 0 heterocycles. The molecule has 0 radical (unpaired) electrons. The van der Waals surface area contributed by atoms with E-state index in [0.29, 0.717) is 23.3 Å². The minimum atomic E-state index is -1.01. The lowest BCUT2D eigenvalue weighted by Crippen LogP contribution is -2.29. The van der Waals surface area contributed by atoms with Crippen LogP contribution in [0.3, 0.4) is 0 Å². The van der Waals surface area contributed by atoms with Gasteiger partial charge in [-0.25, -0.2) is 9.59 Å². The third kappa shape index (κ3) is 5.58. The number of halogens is 1. The van der Waals surface area contributed by atoms with Gasteiger partial charge in [0.2, 0.25) is 0 Å². The predicted molar refractivity (Wildman–Crippen MR) is 79.2 cm³/mol. The number of unbranched alkanes of at least 4 members (excludes halogenated alkanes) is 1. The van der Waals surface area contributed by atoms with Gasteiger partial charge in [-0.05, 0) is 47.0 Å². The maximum atomic E-state index is 11.6. The van der Waals surface area contributed by atoms with E-state index in [9.17, 15) is 9.59 Å². The van der Waals surface area contributed by atoms with Crippen molar-refractivity contribution in [1.82, 2.24) is 5.32 Å². The van der Waals surface area contributed by atoms with Gasteiger partial charge in [0.15, 0.2) is 0 Å². The summed E-state index contributed by atoms with van der Waals surface area (Å²) in [5.74, 6) is -1.01. The quantitative estimate of drug-likeness (QED) is 0.663. The Labute approximate surface area is 125 Å². The number of hydrogen-bond acceptors (Lipinski definition) is 3. The van der Waals surface area contributed by atoms with Crippen LogP contribution in [-0.2, 0) is 4.74 Å². The van der Waals surface area contributed by atoms with E-state index in [1.807, 2.05) is 0 Å². The van der Waals surface area contributed by atoms with E-state index in [1.165, 1.54) is 18.2 Å². The topological polar surface area (TPSA) is 87.7 Å². The molecular formula is C13H17BrN2O4. The highest BCUT2D eigenvalue weighted by atomic mass is 79.9. The molecule has 0 aromatic heterocycles. The Hall–Kier alpha value is -1.60. The molecule has 1 aromatic carbocycles. The molecule has 0 bridgehead atoms. The molecule has 0 aliphatic heterocycles. The number of rotatable bonds is 7. The molecule has 0 saturated heterocycles. The highest BCUT2D eigenvalue weighted by molar-refractivity contribution is 9.10. The second kappa shape index (κ2) is 8.55. The lowest BCUT2D eigenvalue weighted by molar-refractivity contribution is 0.0697. The molecule has 0 unspecified atom stereocenters. The van der Waals surface area contributed by atoms with Gasteiger partial charge in [0.1, 0.15) is 0 Å². The Kier molecular flexibility index (Phi) is 7.03. The van der Waals surface area contributed by atoms with Crippen molar-refractivity contribution in [3.8, 4) is 0 Å². The average Bonchev–Trinajstić information content (AvgIpc) is 2.40. The maximum Gasteiger partial charge on any atom is 0.335 e. The van der Waals surface area contributed by atoms with Gasteiger partial charge in [0, 0.05) is 24.7 Å². The van der Waals surface area contributed by atoms with Crippen LogP contribution in [0.5, 0.6) is 0 Å². The number of anilines is 1. The van der Waals surface area contributed by atoms with Crippen LogP contribution in [0.15, 0.2) is 22.7 Å². The minimum absolute atomic E-state index is 0.155. The van der Waals surface area contributed by atoms with Gasteiger partial charge in [-0.1, -0.05) is 0 Å². The smallest absolute Gasteiger partial charge is 0.335 e. The molecule has 6 nitrogen and oxygen atoms in total. The third-order valence-corrected chi connectivity index (χ3v) is 3.18. The summed E-state index contributed by atoms with van der Waals surface area (Å²) in [6, 6.07) is 4.08. The summed E-state index contributed by atoms with van der Waals surface area (Å²) in [7, 11) is 1.64. The molecule has 7 heteroatoms. The lowest BCUT2D eigenvalue weighted by atomic mass is 10.2. The van der Waals surface area contributed by atoms with Gasteiger partial charge >= 0.3 is 12.0 Å². The number of benzene rings is 1. The standard InChI is InChI=1S/C13H17BrN2O4/c1-20-7-3-2-6-15-13(19)16-11-5-4-9(12(17)18)8-10(11)14/h4-5,8H,2-3,6-7H2,1H3,(H,17,18)(H2,15,16,19). The zero-order valence-electron chi connectivity index (χ0n) is 11.1. The van der Waals surface area contributed by atoms with Gasteiger partial charge in [-0.15, -0.1) is 0 Å². The Balaban J connectivity index is 2.44. The fraction of sp³-hybridized carbons (Fsp3) is 0.385. The largest absolute Gasteiger partial charge is 0.478 e. The first-order chi connectivity index (χ1) is 9.54. The summed E-state index contributed by atoms with van der Waals surface area (Å²) in [6.07, 6.45) is 1.72. The Morgan fingerprint density at radius 3 is 2.70 bits per heavy atom. The van der Waals surface area contributed by atoms with Gasteiger partial charge in [-0.2, -0.15) is 0 Å². The van der Waals surface area contributed by atoms with Gasteiger partial charge in [0.05, 0.1) is 11.3 Å². The predicted octanol–water partition coefficient (Wildman–Crippen LogP) is 2.70. The van der Waals surface area contributed by atoms with E-state index >= 15 is 0 Å². The fourth-order valence-electron chi connectivity index (χ4n) is 1.49. The number of amides is 2. The van der Waals surface area contributed by atoms with E-state index in [2.05, 4.69) is 26.6 Å². The van der Waals surface area contributed by atoms with E-state index in [-0.39, 0.29) is 11.6 Å². The first-order valence-corrected chi connectivity index (χ1v) is 6.90. The Morgan fingerprint density at radius 1 is 1.35 bits per heavy atom. The molecule has 0 aliphatic rings. The van der Waals surface area contributed by atoms with E-state index < -0.39 is 5.97 Å². The molecule has 1 aromatic rings. The molecule has 20 heavy (non-hydrogen) atoms. The fourth-order valence-corrected chi connectivity index (χ4v) is 1.97. The normalized spacial score (nSPS) is 10.1. The molecule has 3 N–H and O–H groups in total. The van der Waals surface area contributed by atoms with Crippen molar-refractivity contribution in [2.75, 3.05) is 25.6 Å². The van der Waals surface area contributed by atoms with Crippen LogP contribution in [0.2, 0.25) is 0 Å². The zero-order valence-corrected chi connectivity index (χ0v) is 12.7. The third-order valence-electron chi connectivity index (χ3n) is 2.53. The van der Waals surface area contributed by atoms with Crippen LogP contribution in [0.1, 0.15) is 23.2 Å². The molecular weight excluding hydrogens is 328 g/mol. The lowest BCUT2D eigenvalue weighted by Gasteiger charge is -2.09. The van der Waals surface area contributed by atoms with Crippen LogP contribution in [0.4, 0.5) is 10.5 Å². The zero-order chi connectivity index (χ0) is 15.0. The number of ether oxygens (including phenoxy) is 1. The Bertz CT molecular complexity index is 479. The molecule has 110 valence electrons. The average molecular weight is 345 g/mol. The van der Waals surface area contributed by atoms with Gasteiger partial charge < -0.3 is 20.5 Å². The van der Waals surface area contributed by atoms with Gasteiger partial charge in [-0.3, -0.25) is 0 Å². The molecule has 1 rings (SSSR count). The number of carbonyl (C=O) groups is 2. The van der Waals surface area contributed by atoms with Crippen molar-refractivity contribution < 1.29 is 19.4 Å². The SMILES string of the molecule is COCCCCNC(=O)Nc1ccc(C(=O)O)cc1Br. The molecule has 0 aliphatic carbocycles. The van der Waals surface area contributed by atoms with E-state index in [0.717, 1.165) is 12.8 Å². The van der Waals surface area contributed by atoms with Crippen LogP contribution in [0.25, 0.3) is 0 Å². The molecule has 0 spiro atoms. The van der Waals surface area contributed by atoms with Gasteiger partial charge in [0.25, 0.3) is 0 Å². The van der Waals surface area contributed by atoms with E-state index in [4.69, 9.17) is 9.84 Å². The Morgan fingerprint density at radius 2 is 2.10 bits per heavy atom. The second-order valence-corrected chi connectivity index (χ2v) is 4.93. The summed E-state index contributed by atoms with van der Waals surface area (Å²) >= 11 is 3.22. The number of carboxylic acid groups (broad SMARTS) is 1. The number of carboxylic acids is 1. The summed E-state index contributed by atoms with van der Waals surface area (Å²) in [5.41, 5.74) is 0.673. The van der Waals surface area contributed by atoms with E-state index in [1.54, 1.807) is 7.11 Å².